The van der Waals surface area contributed by atoms with Gasteiger partial charge in [-0.15, -0.1) is 0 Å². The second-order valence-electron chi connectivity index (χ2n) is 6.51. The summed E-state index contributed by atoms with van der Waals surface area (Å²) in [5, 5.41) is 3.48. The number of hydrogen-bond acceptors (Lipinski definition) is 5. The minimum absolute atomic E-state index is 0.138. The lowest BCUT2D eigenvalue weighted by molar-refractivity contribution is 0.0992. The Morgan fingerprint density at radius 1 is 1.04 bits per heavy atom. The van der Waals surface area contributed by atoms with Crippen LogP contribution in [-0.4, -0.2) is 25.1 Å². The van der Waals surface area contributed by atoms with E-state index < -0.39 is 6.17 Å². The van der Waals surface area contributed by atoms with E-state index in [4.69, 9.17) is 9.47 Å². The molecule has 1 aliphatic heterocycles. The Morgan fingerprint density at radius 2 is 1.86 bits per heavy atom. The van der Waals surface area contributed by atoms with Crippen LogP contribution in [0.5, 0.6) is 11.5 Å². The average molecular weight is 375 g/mol. The largest absolute Gasteiger partial charge is 0.497 e. The molecule has 6 heteroatoms. The predicted octanol–water partition coefficient (Wildman–Crippen LogP) is 4.18. The quantitative estimate of drug-likeness (QED) is 0.725. The zero-order valence-corrected chi connectivity index (χ0v) is 16.0. The third kappa shape index (κ3) is 2.93. The lowest BCUT2D eigenvalue weighted by Crippen LogP contribution is -2.33. The van der Waals surface area contributed by atoms with Crippen LogP contribution in [0.4, 0.5) is 11.4 Å². The SMILES string of the molecule is COc1ccc(OC)c(N2C(=O)c3cccnc3C2Nc2ccccc2C)c1. The van der Waals surface area contributed by atoms with E-state index in [1.165, 1.54) is 0 Å². The number of amides is 1. The van der Waals surface area contributed by atoms with Crippen LogP contribution in [0.15, 0.2) is 60.8 Å². The highest BCUT2D eigenvalue weighted by molar-refractivity contribution is 6.11. The molecule has 1 unspecified atom stereocenters. The summed E-state index contributed by atoms with van der Waals surface area (Å²) in [6.45, 7) is 2.02. The highest BCUT2D eigenvalue weighted by Crippen LogP contribution is 2.42. The van der Waals surface area contributed by atoms with E-state index in [-0.39, 0.29) is 5.91 Å². The molecular formula is C22H21N3O3. The summed E-state index contributed by atoms with van der Waals surface area (Å²) in [5.74, 6) is 1.08. The molecule has 0 radical (unpaired) electrons. The summed E-state index contributed by atoms with van der Waals surface area (Å²) in [4.78, 5) is 19.5. The Bertz CT molecular complexity index is 1040. The van der Waals surface area contributed by atoms with Gasteiger partial charge >= 0.3 is 0 Å². The lowest BCUT2D eigenvalue weighted by atomic mass is 10.1. The number of nitrogens with one attached hydrogen (secondary N) is 1. The van der Waals surface area contributed by atoms with Crippen molar-refractivity contribution in [3.63, 3.8) is 0 Å². The molecule has 0 fully saturated rings. The van der Waals surface area contributed by atoms with E-state index in [1.807, 2.05) is 31.2 Å². The van der Waals surface area contributed by atoms with Crippen LogP contribution in [0, 0.1) is 6.92 Å². The number of nitrogens with zero attached hydrogens (tertiary/aromatic N) is 2. The molecule has 6 nitrogen and oxygen atoms in total. The molecule has 1 aliphatic rings. The molecule has 0 aliphatic carbocycles. The second kappa shape index (κ2) is 7.23. The van der Waals surface area contributed by atoms with Gasteiger partial charge in [0.2, 0.25) is 0 Å². The molecule has 3 aromatic rings. The molecule has 142 valence electrons. The number of para-hydroxylation sites is 1. The molecule has 28 heavy (non-hydrogen) atoms. The van der Waals surface area contributed by atoms with E-state index in [2.05, 4.69) is 10.3 Å². The Kier molecular flexibility index (Phi) is 4.61. The van der Waals surface area contributed by atoms with Gasteiger partial charge in [-0.25, -0.2) is 0 Å². The second-order valence-corrected chi connectivity index (χ2v) is 6.51. The minimum Gasteiger partial charge on any atom is -0.497 e. The standard InChI is InChI=1S/C22H21N3O3/c1-14-7-4-5-9-17(14)24-21-20-16(8-6-12-23-20)22(26)25(21)18-13-15(27-2)10-11-19(18)28-3/h4-13,21,24H,1-3H3. The molecule has 2 aromatic carbocycles. The fourth-order valence-corrected chi connectivity index (χ4v) is 3.43. The van der Waals surface area contributed by atoms with Crippen molar-refractivity contribution < 1.29 is 14.3 Å². The number of methoxy groups -OCH3 is 2. The van der Waals surface area contributed by atoms with Gasteiger partial charge in [-0.3, -0.25) is 14.7 Å². The Labute approximate surface area is 163 Å². The molecule has 1 amide bonds. The summed E-state index contributed by atoms with van der Waals surface area (Å²) in [5.41, 5.74) is 3.89. The van der Waals surface area contributed by atoms with Crippen molar-refractivity contribution in [1.82, 2.24) is 4.98 Å². The first kappa shape index (κ1) is 17.9. The summed E-state index contributed by atoms with van der Waals surface area (Å²) in [7, 11) is 3.18. The lowest BCUT2D eigenvalue weighted by Gasteiger charge is -2.28. The molecule has 2 heterocycles. The van der Waals surface area contributed by atoms with E-state index in [1.54, 1.807) is 55.6 Å². The fraction of sp³-hybridized carbons (Fsp3) is 0.182. The number of fused-ring (bicyclic) bond motifs is 1. The van der Waals surface area contributed by atoms with Crippen molar-refractivity contribution in [2.45, 2.75) is 13.1 Å². The zero-order valence-electron chi connectivity index (χ0n) is 16.0. The van der Waals surface area contributed by atoms with Gasteiger partial charge in [0.25, 0.3) is 5.91 Å². The number of aromatic nitrogens is 1. The summed E-state index contributed by atoms with van der Waals surface area (Å²) in [6, 6.07) is 16.9. The molecule has 0 spiro atoms. The maximum absolute atomic E-state index is 13.3. The average Bonchev–Trinajstić information content (AvgIpc) is 3.01. The number of carbonyl (C=O) groups is 1. The highest BCUT2D eigenvalue weighted by Gasteiger charge is 2.40. The molecule has 4 rings (SSSR count). The summed E-state index contributed by atoms with van der Waals surface area (Å²) in [6.07, 6.45) is 1.23. The van der Waals surface area contributed by atoms with Gasteiger partial charge in [-0.05, 0) is 42.8 Å². The van der Waals surface area contributed by atoms with Crippen molar-refractivity contribution in [1.29, 1.82) is 0 Å². The first-order valence-corrected chi connectivity index (χ1v) is 8.96. The van der Waals surface area contributed by atoms with Crippen molar-refractivity contribution in [2.24, 2.45) is 0 Å². The number of benzene rings is 2. The fourth-order valence-electron chi connectivity index (χ4n) is 3.43. The normalized spacial score (nSPS) is 15.3. The number of carbonyl (C=O) groups excluding carboxylic acids is 1. The molecular weight excluding hydrogens is 354 g/mol. The maximum Gasteiger partial charge on any atom is 0.262 e. The molecule has 0 bridgehead atoms. The summed E-state index contributed by atoms with van der Waals surface area (Å²) >= 11 is 0. The summed E-state index contributed by atoms with van der Waals surface area (Å²) < 4.78 is 10.9. The van der Waals surface area contributed by atoms with E-state index in [0.29, 0.717) is 28.4 Å². The van der Waals surface area contributed by atoms with Crippen molar-refractivity contribution in [2.75, 3.05) is 24.4 Å². The van der Waals surface area contributed by atoms with E-state index in [0.717, 1.165) is 11.3 Å². The first-order valence-electron chi connectivity index (χ1n) is 8.96. The van der Waals surface area contributed by atoms with Gasteiger partial charge in [-0.1, -0.05) is 18.2 Å². The van der Waals surface area contributed by atoms with Gasteiger partial charge in [0.15, 0.2) is 6.17 Å². The predicted molar refractivity (Wildman–Crippen MR) is 108 cm³/mol. The van der Waals surface area contributed by atoms with Crippen LogP contribution in [-0.2, 0) is 0 Å². The van der Waals surface area contributed by atoms with Crippen LogP contribution >= 0.6 is 0 Å². The van der Waals surface area contributed by atoms with Crippen LogP contribution in [0.3, 0.4) is 0 Å². The smallest absolute Gasteiger partial charge is 0.262 e. The molecule has 1 N–H and O–H groups in total. The zero-order chi connectivity index (χ0) is 19.7. The van der Waals surface area contributed by atoms with Gasteiger partial charge in [0.1, 0.15) is 11.5 Å². The molecule has 1 atom stereocenters. The molecule has 0 saturated carbocycles. The molecule has 1 aromatic heterocycles. The van der Waals surface area contributed by atoms with Crippen LogP contribution in [0.1, 0.15) is 27.8 Å². The first-order chi connectivity index (χ1) is 13.6. The van der Waals surface area contributed by atoms with Crippen molar-refractivity contribution in [3.05, 3.63) is 77.6 Å². The van der Waals surface area contributed by atoms with E-state index >= 15 is 0 Å². The van der Waals surface area contributed by atoms with Gasteiger partial charge < -0.3 is 14.8 Å². The van der Waals surface area contributed by atoms with Gasteiger partial charge in [0, 0.05) is 18.0 Å². The third-order valence-electron chi connectivity index (χ3n) is 4.89. The highest BCUT2D eigenvalue weighted by atomic mass is 16.5. The molecule has 0 saturated heterocycles. The number of hydrogen-bond donors (Lipinski definition) is 1. The monoisotopic (exact) mass is 375 g/mol. The van der Waals surface area contributed by atoms with E-state index in [9.17, 15) is 4.79 Å². The number of aryl methyl sites for hydroxylation is 1. The number of ether oxygens (including phenoxy) is 2. The van der Waals surface area contributed by atoms with Crippen molar-refractivity contribution >= 4 is 17.3 Å². The third-order valence-corrected chi connectivity index (χ3v) is 4.89. The minimum atomic E-state index is -0.467. The Hall–Kier alpha value is -3.54. The van der Waals surface area contributed by atoms with Gasteiger partial charge in [0.05, 0.1) is 31.2 Å². The number of pyridine rings is 1. The van der Waals surface area contributed by atoms with Crippen LogP contribution in [0.25, 0.3) is 0 Å². The Balaban J connectivity index is 1.86. The van der Waals surface area contributed by atoms with Crippen molar-refractivity contribution in [3.8, 4) is 11.5 Å². The topological polar surface area (TPSA) is 63.7 Å². The Morgan fingerprint density at radius 3 is 2.61 bits per heavy atom. The van der Waals surface area contributed by atoms with Crippen LogP contribution < -0.4 is 19.7 Å². The number of rotatable bonds is 5. The van der Waals surface area contributed by atoms with Gasteiger partial charge in [-0.2, -0.15) is 0 Å². The number of anilines is 2. The van der Waals surface area contributed by atoms with Crippen LogP contribution in [0.2, 0.25) is 0 Å². The maximum atomic E-state index is 13.3.